The van der Waals surface area contributed by atoms with E-state index in [1.165, 1.54) is 6.07 Å². The third kappa shape index (κ3) is 4.08. The van der Waals surface area contributed by atoms with Gasteiger partial charge in [0.05, 0.1) is 17.2 Å². The number of hydrogen-bond donors (Lipinski definition) is 2. The number of carbonyl (C=O) groups is 2. The van der Waals surface area contributed by atoms with E-state index in [9.17, 15) is 9.59 Å². The van der Waals surface area contributed by atoms with E-state index < -0.39 is 17.7 Å². The SMILES string of the molecule is CCOC(=O)/C(=N\O)NC(=O)c1cnc(Cl)c(Cl)c1. The summed E-state index contributed by atoms with van der Waals surface area (Å²) < 4.78 is 4.57. The Kier molecular flexibility index (Phi) is 5.53. The quantitative estimate of drug-likeness (QED) is 0.215. The highest BCUT2D eigenvalue weighted by molar-refractivity contribution is 6.41. The average Bonchev–Trinajstić information content (AvgIpc) is 2.39. The van der Waals surface area contributed by atoms with Crippen molar-refractivity contribution in [1.29, 1.82) is 0 Å². The number of esters is 1. The minimum Gasteiger partial charge on any atom is -0.460 e. The normalized spacial score (nSPS) is 11.0. The minimum absolute atomic E-state index is 0.0414. The Bertz CT molecular complexity index is 534. The molecule has 0 fully saturated rings. The molecule has 1 aromatic heterocycles. The highest BCUT2D eigenvalue weighted by Gasteiger charge is 2.18. The lowest BCUT2D eigenvalue weighted by Crippen LogP contribution is -2.37. The van der Waals surface area contributed by atoms with Crippen molar-refractivity contribution in [2.45, 2.75) is 6.92 Å². The zero-order valence-electron chi connectivity index (χ0n) is 9.68. The summed E-state index contributed by atoms with van der Waals surface area (Å²) in [5, 5.41) is 13.4. The van der Waals surface area contributed by atoms with Gasteiger partial charge in [0.15, 0.2) is 0 Å². The van der Waals surface area contributed by atoms with E-state index >= 15 is 0 Å². The van der Waals surface area contributed by atoms with Gasteiger partial charge in [0.1, 0.15) is 5.15 Å². The summed E-state index contributed by atoms with van der Waals surface area (Å²) in [5.74, 6) is -2.35. The van der Waals surface area contributed by atoms with Crippen molar-refractivity contribution in [2.24, 2.45) is 5.16 Å². The lowest BCUT2D eigenvalue weighted by Gasteiger charge is -2.06. The maximum Gasteiger partial charge on any atom is 0.377 e. The molecule has 1 aromatic rings. The van der Waals surface area contributed by atoms with Gasteiger partial charge in [-0.2, -0.15) is 0 Å². The largest absolute Gasteiger partial charge is 0.460 e. The van der Waals surface area contributed by atoms with Crippen LogP contribution in [0.25, 0.3) is 0 Å². The van der Waals surface area contributed by atoms with Gasteiger partial charge in [0.2, 0.25) is 0 Å². The molecule has 0 aliphatic rings. The van der Waals surface area contributed by atoms with E-state index in [1.807, 2.05) is 0 Å². The van der Waals surface area contributed by atoms with Crippen molar-refractivity contribution < 1.29 is 19.5 Å². The fourth-order valence-electron chi connectivity index (χ4n) is 1.04. The fourth-order valence-corrected chi connectivity index (χ4v) is 1.31. The van der Waals surface area contributed by atoms with Gasteiger partial charge in [-0.05, 0) is 13.0 Å². The summed E-state index contributed by atoms with van der Waals surface area (Å²) in [5.41, 5.74) is 0.0415. The number of nitrogens with zero attached hydrogens (tertiary/aromatic N) is 2. The first-order chi connectivity index (χ1) is 8.99. The molecule has 7 nitrogen and oxygen atoms in total. The molecule has 2 N–H and O–H groups in total. The molecule has 9 heteroatoms. The molecular weight excluding hydrogens is 297 g/mol. The van der Waals surface area contributed by atoms with Crippen molar-refractivity contribution >= 4 is 40.9 Å². The Hall–Kier alpha value is -1.86. The zero-order valence-corrected chi connectivity index (χ0v) is 11.2. The number of aromatic nitrogens is 1. The molecule has 0 aliphatic carbocycles. The number of nitrogens with one attached hydrogen (secondary N) is 1. The van der Waals surface area contributed by atoms with Crippen LogP contribution in [0, 0.1) is 0 Å². The molecule has 0 atom stereocenters. The van der Waals surface area contributed by atoms with Gasteiger partial charge in [0, 0.05) is 6.20 Å². The fraction of sp³-hybridized carbons (Fsp3) is 0.200. The number of amidine groups is 1. The number of carbonyl (C=O) groups excluding carboxylic acids is 2. The Balaban J connectivity index is 2.83. The van der Waals surface area contributed by atoms with Gasteiger partial charge >= 0.3 is 5.97 Å². The number of halogens is 2. The molecule has 1 heterocycles. The number of oxime groups is 1. The van der Waals surface area contributed by atoms with Crippen LogP contribution >= 0.6 is 23.2 Å². The summed E-state index contributed by atoms with van der Waals surface area (Å²) in [6.07, 6.45) is 1.16. The number of rotatable bonds is 2. The van der Waals surface area contributed by atoms with E-state index in [1.54, 1.807) is 6.92 Å². The number of pyridine rings is 1. The van der Waals surface area contributed by atoms with Crippen LogP contribution in [0.3, 0.4) is 0 Å². The standard InChI is InChI=1S/C10H9Cl2N3O4/c1-2-19-10(17)8(15-18)14-9(16)5-3-6(11)7(12)13-4-5/h3-4,18H,2H2,1H3,(H,14,15,16). The minimum atomic E-state index is -0.966. The molecule has 0 saturated carbocycles. The smallest absolute Gasteiger partial charge is 0.377 e. The number of hydrogen-bond acceptors (Lipinski definition) is 6. The van der Waals surface area contributed by atoms with E-state index in [0.29, 0.717) is 0 Å². The second-order valence-corrected chi connectivity index (χ2v) is 3.89. The van der Waals surface area contributed by atoms with Crippen LogP contribution in [0.2, 0.25) is 10.2 Å². The summed E-state index contributed by atoms with van der Waals surface area (Å²) in [6, 6.07) is 1.26. The van der Waals surface area contributed by atoms with Crippen LogP contribution in [0.5, 0.6) is 0 Å². The third-order valence-corrected chi connectivity index (χ3v) is 2.55. The molecule has 0 aliphatic heterocycles. The van der Waals surface area contributed by atoms with Gasteiger partial charge in [-0.25, -0.2) is 9.78 Å². The van der Waals surface area contributed by atoms with Crippen molar-refractivity contribution in [3.05, 3.63) is 28.0 Å². The number of ether oxygens (including phenoxy) is 1. The monoisotopic (exact) mass is 305 g/mol. The molecule has 1 amide bonds. The summed E-state index contributed by atoms with van der Waals surface area (Å²) in [4.78, 5) is 26.7. The highest BCUT2D eigenvalue weighted by Crippen LogP contribution is 2.19. The first kappa shape index (κ1) is 15.2. The molecule has 0 bridgehead atoms. The van der Waals surface area contributed by atoms with Gasteiger partial charge in [-0.3, -0.25) is 10.1 Å². The van der Waals surface area contributed by atoms with E-state index in [0.717, 1.165) is 6.20 Å². The van der Waals surface area contributed by atoms with Crippen LogP contribution in [0.15, 0.2) is 17.4 Å². The molecule has 0 aromatic carbocycles. The summed E-state index contributed by atoms with van der Waals surface area (Å²) >= 11 is 11.3. The van der Waals surface area contributed by atoms with Crippen LogP contribution < -0.4 is 5.32 Å². The molecular formula is C10H9Cl2N3O4. The molecule has 0 radical (unpaired) electrons. The summed E-state index contributed by atoms with van der Waals surface area (Å²) in [7, 11) is 0. The van der Waals surface area contributed by atoms with Crippen LogP contribution in [0.1, 0.15) is 17.3 Å². The predicted octanol–water partition coefficient (Wildman–Crippen LogP) is 1.47. The highest BCUT2D eigenvalue weighted by atomic mass is 35.5. The van der Waals surface area contributed by atoms with E-state index in [4.69, 9.17) is 28.4 Å². The molecule has 102 valence electrons. The first-order valence-corrected chi connectivity index (χ1v) is 5.76. The van der Waals surface area contributed by atoms with Crippen molar-refractivity contribution in [1.82, 2.24) is 10.3 Å². The predicted molar refractivity (Wildman–Crippen MR) is 67.6 cm³/mol. The average molecular weight is 306 g/mol. The second-order valence-electron chi connectivity index (χ2n) is 3.12. The van der Waals surface area contributed by atoms with Crippen LogP contribution in [0.4, 0.5) is 0 Å². The molecule has 0 unspecified atom stereocenters. The second kappa shape index (κ2) is 6.91. The van der Waals surface area contributed by atoms with Crippen molar-refractivity contribution in [3.63, 3.8) is 0 Å². The summed E-state index contributed by atoms with van der Waals surface area (Å²) in [6.45, 7) is 1.64. The van der Waals surface area contributed by atoms with E-state index in [-0.39, 0.29) is 22.3 Å². The van der Waals surface area contributed by atoms with Gasteiger partial charge in [-0.15, -0.1) is 0 Å². The van der Waals surface area contributed by atoms with Gasteiger partial charge in [0.25, 0.3) is 11.7 Å². The maximum absolute atomic E-state index is 11.7. The Morgan fingerprint density at radius 1 is 1.53 bits per heavy atom. The maximum atomic E-state index is 11.7. The van der Waals surface area contributed by atoms with Crippen molar-refractivity contribution in [2.75, 3.05) is 6.61 Å². The van der Waals surface area contributed by atoms with Crippen LogP contribution in [-0.2, 0) is 9.53 Å². The van der Waals surface area contributed by atoms with Gasteiger partial charge in [-0.1, -0.05) is 28.4 Å². The Morgan fingerprint density at radius 3 is 2.74 bits per heavy atom. The Labute approximate surface area is 118 Å². The van der Waals surface area contributed by atoms with Crippen molar-refractivity contribution in [3.8, 4) is 0 Å². The molecule has 0 spiro atoms. The third-order valence-electron chi connectivity index (χ3n) is 1.86. The lowest BCUT2D eigenvalue weighted by atomic mass is 10.2. The molecule has 1 rings (SSSR count). The first-order valence-electron chi connectivity index (χ1n) is 5.01. The molecule has 0 saturated heterocycles. The molecule has 19 heavy (non-hydrogen) atoms. The van der Waals surface area contributed by atoms with Gasteiger partial charge < -0.3 is 9.94 Å². The Morgan fingerprint density at radius 2 is 2.21 bits per heavy atom. The zero-order chi connectivity index (χ0) is 14.4. The number of amides is 1. The topological polar surface area (TPSA) is 101 Å². The lowest BCUT2D eigenvalue weighted by molar-refractivity contribution is -0.135. The van der Waals surface area contributed by atoms with Crippen LogP contribution in [-0.4, -0.2) is 34.5 Å². The van der Waals surface area contributed by atoms with E-state index in [2.05, 4.69) is 20.2 Å².